The predicted molar refractivity (Wildman–Crippen MR) is 154 cm³/mol. The van der Waals surface area contributed by atoms with Crippen molar-refractivity contribution in [3.05, 3.63) is 81.9 Å². The van der Waals surface area contributed by atoms with E-state index in [0.717, 1.165) is 59.5 Å². The molecule has 0 unspecified atom stereocenters. The number of carbonyl (C=O) groups is 2. The maximum atomic E-state index is 13.9. The van der Waals surface area contributed by atoms with Crippen LogP contribution in [0.3, 0.4) is 0 Å². The number of allylic oxidation sites excluding steroid dienone is 4. The average molecular weight is 546 g/mol. The lowest BCUT2D eigenvalue weighted by molar-refractivity contribution is -0.119. The summed E-state index contributed by atoms with van der Waals surface area (Å²) in [6, 6.07) is 11.9. The summed E-state index contributed by atoms with van der Waals surface area (Å²) in [7, 11) is 1.59. The van der Waals surface area contributed by atoms with Crippen LogP contribution in [0.1, 0.15) is 83.8 Å². The third-order valence-corrected chi connectivity index (χ3v) is 8.30. The molecule has 0 N–H and O–H groups in total. The molecule has 0 saturated heterocycles. The van der Waals surface area contributed by atoms with E-state index in [1.165, 1.54) is 12.1 Å². The van der Waals surface area contributed by atoms with Crippen molar-refractivity contribution in [2.75, 3.05) is 13.7 Å². The minimum Gasteiger partial charge on any atom is -0.493 e. The summed E-state index contributed by atoms with van der Waals surface area (Å²) >= 11 is 0. The highest BCUT2D eigenvalue weighted by Gasteiger charge is 2.48. The SMILES string of the molecule is CCCN1C2=C(C(=O)CC(C)(C)C2)C(c2ccc(OCc3ccc(F)cc3)c(OC)c2)C2=C1CC(C)(C)CC2=O. The molecule has 1 aliphatic heterocycles. The molecule has 0 amide bonds. The Morgan fingerprint density at radius 1 is 0.850 bits per heavy atom. The number of benzene rings is 2. The van der Waals surface area contributed by atoms with Gasteiger partial charge in [0.25, 0.3) is 0 Å². The number of hydrogen-bond donors (Lipinski definition) is 0. The van der Waals surface area contributed by atoms with Crippen LogP contribution in [0.4, 0.5) is 4.39 Å². The van der Waals surface area contributed by atoms with Crippen molar-refractivity contribution in [1.29, 1.82) is 0 Å². The van der Waals surface area contributed by atoms with Crippen molar-refractivity contribution < 1.29 is 23.5 Å². The number of Topliss-reactive ketones (excluding diaryl/α,β-unsaturated/α-hetero) is 2. The van der Waals surface area contributed by atoms with Gasteiger partial charge in [0.05, 0.1) is 7.11 Å². The molecule has 212 valence electrons. The molecular weight excluding hydrogens is 505 g/mol. The van der Waals surface area contributed by atoms with Crippen molar-refractivity contribution in [3.63, 3.8) is 0 Å². The fourth-order valence-corrected chi connectivity index (χ4v) is 6.60. The van der Waals surface area contributed by atoms with Crippen LogP contribution in [0, 0.1) is 16.6 Å². The summed E-state index contributed by atoms with van der Waals surface area (Å²) in [4.78, 5) is 30.1. The molecule has 0 bridgehead atoms. The standard InChI is InChI=1S/C34H40FNO4/c1-7-14-36-24-16-33(2,3)18-26(37)31(24)30(32-25(36)17-34(4,5)19-27(32)38)22-10-13-28(29(15-22)39-6)40-20-21-8-11-23(35)12-9-21/h8-13,15,30H,7,14,16-20H2,1-6H3. The number of nitrogens with zero attached hydrogens (tertiary/aromatic N) is 1. The van der Waals surface area contributed by atoms with E-state index in [2.05, 4.69) is 39.5 Å². The van der Waals surface area contributed by atoms with Gasteiger partial charge in [0.15, 0.2) is 23.1 Å². The minimum absolute atomic E-state index is 0.122. The molecular formula is C34H40FNO4. The molecule has 2 aliphatic carbocycles. The van der Waals surface area contributed by atoms with Crippen LogP contribution in [0.25, 0.3) is 0 Å². The molecule has 2 aromatic rings. The van der Waals surface area contributed by atoms with Crippen molar-refractivity contribution >= 4 is 11.6 Å². The smallest absolute Gasteiger partial charge is 0.162 e. The second kappa shape index (κ2) is 10.5. The summed E-state index contributed by atoms with van der Waals surface area (Å²) in [6.45, 7) is 11.8. The lowest BCUT2D eigenvalue weighted by Crippen LogP contribution is -2.44. The topological polar surface area (TPSA) is 55.8 Å². The second-order valence-corrected chi connectivity index (χ2v) is 13.0. The molecule has 0 fully saturated rings. The van der Waals surface area contributed by atoms with Gasteiger partial charge in [0.2, 0.25) is 0 Å². The van der Waals surface area contributed by atoms with E-state index in [4.69, 9.17) is 9.47 Å². The zero-order valence-electron chi connectivity index (χ0n) is 24.5. The third-order valence-electron chi connectivity index (χ3n) is 8.30. The number of ketones is 2. The maximum Gasteiger partial charge on any atom is 0.162 e. The summed E-state index contributed by atoms with van der Waals surface area (Å²) in [5, 5.41) is 0. The van der Waals surface area contributed by atoms with Crippen LogP contribution < -0.4 is 9.47 Å². The highest BCUT2D eigenvalue weighted by atomic mass is 19.1. The lowest BCUT2D eigenvalue weighted by Gasteiger charge is -2.49. The molecule has 0 aromatic heterocycles. The quantitative estimate of drug-likeness (QED) is 0.360. The van der Waals surface area contributed by atoms with Crippen LogP contribution in [0.5, 0.6) is 11.5 Å². The summed E-state index contributed by atoms with van der Waals surface area (Å²) in [5.74, 6) is 0.612. The van der Waals surface area contributed by atoms with Gasteiger partial charge < -0.3 is 14.4 Å². The Bertz CT molecular complexity index is 1350. The first-order chi connectivity index (χ1) is 18.9. The Labute approximate surface area is 237 Å². The van der Waals surface area contributed by atoms with E-state index >= 15 is 0 Å². The number of rotatable bonds is 7. The Balaban J connectivity index is 1.61. The molecule has 5 rings (SSSR count). The van der Waals surface area contributed by atoms with E-state index in [-0.39, 0.29) is 34.8 Å². The van der Waals surface area contributed by atoms with Crippen molar-refractivity contribution in [2.45, 2.75) is 79.2 Å². The molecule has 5 nitrogen and oxygen atoms in total. The molecule has 0 saturated carbocycles. The Kier molecular flexibility index (Phi) is 7.41. The van der Waals surface area contributed by atoms with E-state index in [0.29, 0.717) is 24.3 Å². The Hall–Kier alpha value is -3.41. The molecule has 3 aliphatic rings. The largest absolute Gasteiger partial charge is 0.493 e. The number of methoxy groups -OCH3 is 1. The Morgan fingerprint density at radius 2 is 1.43 bits per heavy atom. The van der Waals surface area contributed by atoms with Gasteiger partial charge in [0, 0.05) is 47.8 Å². The number of hydrogen-bond acceptors (Lipinski definition) is 5. The van der Waals surface area contributed by atoms with Gasteiger partial charge in [0.1, 0.15) is 12.4 Å². The highest BCUT2D eigenvalue weighted by Crippen LogP contribution is 2.55. The summed E-state index contributed by atoms with van der Waals surface area (Å²) < 4.78 is 25.1. The summed E-state index contributed by atoms with van der Waals surface area (Å²) in [5.41, 5.74) is 5.10. The van der Waals surface area contributed by atoms with Crippen molar-refractivity contribution in [1.82, 2.24) is 4.90 Å². The molecule has 0 radical (unpaired) electrons. The molecule has 0 spiro atoms. The Morgan fingerprint density at radius 3 is 1.95 bits per heavy atom. The summed E-state index contributed by atoms with van der Waals surface area (Å²) in [6.07, 6.45) is 3.44. The van der Waals surface area contributed by atoms with Gasteiger partial charge in [-0.05, 0) is 65.5 Å². The van der Waals surface area contributed by atoms with E-state index in [9.17, 15) is 14.0 Å². The lowest BCUT2D eigenvalue weighted by atomic mass is 9.63. The molecule has 1 heterocycles. The molecule has 0 atom stereocenters. The predicted octanol–water partition coefficient (Wildman–Crippen LogP) is 7.51. The fourth-order valence-electron chi connectivity index (χ4n) is 6.60. The van der Waals surface area contributed by atoms with Crippen LogP contribution >= 0.6 is 0 Å². The molecule has 2 aromatic carbocycles. The van der Waals surface area contributed by atoms with Crippen molar-refractivity contribution in [3.8, 4) is 11.5 Å². The van der Waals surface area contributed by atoms with Gasteiger partial charge >= 0.3 is 0 Å². The van der Waals surface area contributed by atoms with E-state index in [1.54, 1.807) is 19.2 Å². The van der Waals surface area contributed by atoms with E-state index < -0.39 is 5.92 Å². The van der Waals surface area contributed by atoms with Gasteiger partial charge in [-0.2, -0.15) is 0 Å². The van der Waals surface area contributed by atoms with Crippen LogP contribution in [0.15, 0.2) is 65.0 Å². The van der Waals surface area contributed by atoms with Gasteiger partial charge in [-0.3, -0.25) is 9.59 Å². The maximum absolute atomic E-state index is 13.9. The molecule has 40 heavy (non-hydrogen) atoms. The number of halogens is 1. The molecule has 6 heteroatoms. The number of carbonyl (C=O) groups excluding carboxylic acids is 2. The van der Waals surface area contributed by atoms with Gasteiger partial charge in [-0.1, -0.05) is 52.8 Å². The first kappa shape index (κ1) is 28.1. The van der Waals surface area contributed by atoms with Gasteiger partial charge in [-0.25, -0.2) is 4.39 Å². The number of ether oxygens (including phenoxy) is 2. The van der Waals surface area contributed by atoms with Crippen LogP contribution in [-0.2, 0) is 16.2 Å². The van der Waals surface area contributed by atoms with E-state index in [1.807, 2.05) is 18.2 Å². The zero-order chi connectivity index (χ0) is 28.8. The fraction of sp³-hybridized carbons (Fsp3) is 0.471. The van der Waals surface area contributed by atoms with Crippen LogP contribution in [-0.4, -0.2) is 30.1 Å². The van der Waals surface area contributed by atoms with Crippen LogP contribution in [0.2, 0.25) is 0 Å². The normalized spacial score (nSPS) is 20.4. The minimum atomic E-state index is -0.426. The first-order valence-corrected chi connectivity index (χ1v) is 14.3. The average Bonchev–Trinajstić information content (AvgIpc) is 2.87. The monoisotopic (exact) mass is 545 g/mol. The third kappa shape index (κ3) is 5.33. The zero-order valence-corrected chi connectivity index (χ0v) is 24.5. The highest BCUT2D eigenvalue weighted by molar-refractivity contribution is 6.06. The van der Waals surface area contributed by atoms with Gasteiger partial charge in [-0.15, -0.1) is 0 Å². The second-order valence-electron chi connectivity index (χ2n) is 13.0. The first-order valence-electron chi connectivity index (χ1n) is 14.3. The van der Waals surface area contributed by atoms with Crippen molar-refractivity contribution in [2.24, 2.45) is 10.8 Å².